The molecule has 2 aliphatic heterocycles. The minimum atomic E-state index is 0.421. The van der Waals surface area contributed by atoms with Crippen molar-refractivity contribution < 1.29 is 4.74 Å². The predicted molar refractivity (Wildman–Crippen MR) is 61.8 cm³/mol. The van der Waals surface area contributed by atoms with Crippen molar-refractivity contribution in [2.45, 2.75) is 25.7 Å². The smallest absolute Gasteiger partial charge is 0.0537 e. The molecule has 2 aliphatic rings. The van der Waals surface area contributed by atoms with Gasteiger partial charge in [-0.05, 0) is 51.7 Å². The number of hydrogen-bond donors (Lipinski definition) is 1. The Kier molecular flexibility index (Phi) is 3.65. The molecule has 2 heterocycles. The summed E-state index contributed by atoms with van der Waals surface area (Å²) in [6.07, 6.45) is 5.05. The van der Waals surface area contributed by atoms with E-state index in [0.717, 1.165) is 25.7 Å². The molecule has 1 spiro atoms. The average molecular weight is 212 g/mol. The molecule has 2 saturated heterocycles. The fourth-order valence-electron chi connectivity index (χ4n) is 3.42. The molecule has 2 rings (SSSR count). The average Bonchev–Trinajstić information content (AvgIpc) is 2.22. The number of nitrogens with two attached hydrogens (primary N) is 1. The van der Waals surface area contributed by atoms with Crippen LogP contribution in [-0.2, 0) is 4.74 Å². The summed E-state index contributed by atoms with van der Waals surface area (Å²) in [4.78, 5) is 2.46. The minimum absolute atomic E-state index is 0.421. The summed E-state index contributed by atoms with van der Waals surface area (Å²) in [6.45, 7) is 5.18. The van der Waals surface area contributed by atoms with E-state index in [2.05, 4.69) is 11.9 Å². The van der Waals surface area contributed by atoms with Gasteiger partial charge in [0.2, 0.25) is 0 Å². The minimum Gasteiger partial charge on any atom is -0.381 e. The van der Waals surface area contributed by atoms with E-state index in [4.69, 9.17) is 10.5 Å². The third-order valence-corrected chi connectivity index (χ3v) is 4.18. The van der Waals surface area contributed by atoms with Gasteiger partial charge in [0.25, 0.3) is 0 Å². The molecule has 88 valence electrons. The summed E-state index contributed by atoms with van der Waals surface area (Å²) >= 11 is 0. The Bertz CT molecular complexity index is 204. The molecule has 3 nitrogen and oxygen atoms in total. The third kappa shape index (κ3) is 2.35. The van der Waals surface area contributed by atoms with Crippen molar-refractivity contribution in [2.24, 2.45) is 17.1 Å². The first-order valence-electron chi connectivity index (χ1n) is 6.23. The molecule has 2 N–H and O–H groups in total. The van der Waals surface area contributed by atoms with Crippen molar-refractivity contribution >= 4 is 0 Å². The van der Waals surface area contributed by atoms with Crippen LogP contribution in [0.5, 0.6) is 0 Å². The molecular formula is C12H24N2O. The first-order valence-corrected chi connectivity index (χ1v) is 6.23. The lowest BCUT2D eigenvalue weighted by molar-refractivity contribution is -0.0868. The lowest BCUT2D eigenvalue weighted by atomic mass is 9.67. The predicted octanol–water partition coefficient (Wildman–Crippen LogP) is 1.08. The number of nitrogens with zero attached hydrogens (tertiary/aromatic N) is 1. The first kappa shape index (κ1) is 11.4. The molecule has 0 aliphatic carbocycles. The van der Waals surface area contributed by atoms with Crippen LogP contribution < -0.4 is 5.73 Å². The first-order chi connectivity index (χ1) is 7.27. The van der Waals surface area contributed by atoms with Gasteiger partial charge in [0.1, 0.15) is 0 Å². The fraction of sp³-hybridized carbons (Fsp3) is 1.00. The standard InChI is InChI=1S/C12H24N2O/c1-14-7-2-5-12(9-14)10-15-8-4-11(12)3-6-13/h11H,2-10,13H2,1H3. The van der Waals surface area contributed by atoms with Gasteiger partial charge in [-0.3, -0.25) is 0 Å². The Balaban J connectivity index is 2.06. The lowest BCUT2D eigenvalue weighted by Crippen LogP contribution is -2.51. The van der Waals surface area contributed by atoms with Gasteiger partial charge in [0.05, 0.1) is 6.61 Å². The highest BCUT2D eigenvalue weighted by Crippen LogP contribution is 2.43. The van der Waals surface area contributed by atoms with Crippen molar-refractivity contribution in [3.63, 3.8) is 0 Å². The van der Waals surface area contributed by atoms with Gasteiger partial charge in [0, 0.05) is 18.6 Å². The number of hydrogen-bond acceptors (Lipinski definition) is 3. The van der Waals surface area contributed by atoms with Crippen molar-refractivity contribution in [1.29, 1.82) is 0 Å². The molecule has 0 aromatic heterocycles. The second kappa shape index (κ2) is 4.81. The van der Waals surface area contributed by atoms with Gasteiger partial charge in [-0.25, -0.2) is 0 Å². The Morgan fingerprint density at radius 2 is 2.40 bits per heavy atom. The van der Waals surface area contributed by atoms with Crippen LogP contribution in [0.1, 0.15) is 25.7 Å². The second-order valence-corrected chi connectivity index (χ2v) is 5.32. The van der Waals surface area contributed by atoms with Crippen molar-refractivity contribution in [3.05, 3.63) is 0 Å². The quantitative estimate of drug-likeness (QED) is 0.744. The van der Waals surface area contributed by atoms with Crippen LogP contribution in [-0.4, -0.2) is 44.8 Å². The van der Waals surface area contributed by atoms with E-state index in [1.165, 1.54) is 38.8 Å². The molecule has 2 unspecified atom stereocenters. The zero-order valence-corrected chi connectivity index (χ0v) is 9.87. The maximum absolute atomic E-state index is 5.73. The Morgan fingerprint density at radius 3 is 3.13 bits per heavy atom. The largest absolute Gasteiger partial charge is 0.381 e. The van der Waals surface area contributed by atoms with E-state index in [1.807, 2.05) is 0 Å². The van der Waals surface area contributed by atoms with Gasteiger partial charge in [-0.15, -0.1) is 0 Å². The maximum Gasteiger partial charge on any atom is 0.0537 e. The summed E-state index contributed by atoms with van der Waals surface area (Å²) in [5.41, 5.74) is 6.15. The molecule has 2 atom stereocenters. The third-order valence-electron chi connectivity index (χ3n) is 4.18. The molecule has 0 aromatic carbocycles. The van der Waals surface area contributed by atoms with Crippen molar-refractivity contribution in [2.75, 3.05) is 39.9 Å². The summed E-state index contributed by atoms with van der Waals surface area (Å²) in [6, 6.07) is 0. The van der Waals surface area contributed by atoms with E-state index >= 15 is 0 Å². The monoisotopic (exact) mass is 212 g/mol. The number of ether oxygens (including phenoxy) is 1. The van der Waals surface area contributed by atoms with E-state index in [0.29, 0.717) is 5.41 Å². The van der Waals surface area contributed by atoms with Crippen LogP contribution in [0.3, 0.4) is 0 Å². The van der Waals surface area contributed by atoms with Gasteiger partial charge < -0.3 is 15.4 Å². The van der Waals surface area contributed by atoms with Gasteiger partial charge >= 0.3 is 0 Å². The molecule has 3 heteroatoms. The summed E-state index contributed by atoms with van der Waals surface area (Å²) < 4.78 is 5.72. The van der Waals surface area contributed by atoms with Crippen molar-refractivity contribution in [3.8, 4) is 0 Å². The van der Waals surface area contributed by atoms with Crippen LogP contribution in [0.2, 0.25) is 0 Å². The van der Waals surface area contributed by atoms with Gasteiger partial charge in [-0.1, -0.05) is 0 Å². The lowest BCUT2D eigenvalue weighted by Gasteiger charge is -2.49. The van der Waals surface area contributed by atoms with Gasteiger partial charge in [-0.2, -0.15) is 0 Å². The van der Waals surface area contributed by atoms with E-state index in [1.54, 1.807) is 0 Å². The zero-order chi connectivity index (χ0) is 10.7. The van der Waals surface area contributed by atoms with E-state index in [9.17, 15) is 0 Å². The summed E-state index contributed by atoms with van der Waals surface area (Å²) in [7, 11) is 2.23. The molecule has 0 aromatic rings. The maximum atomic E-state index is 5.73. The normalized spacial score (nSPS) is 38.4. The molecule has 15 heavy (non-hydrogen) atoms. The highest BCUT2D eigenvalue weighted by Gasteiger charge is 2.43. The molecule has 0 radical (unpaired) electrons. The number of rotatable bonds is 2. The molecule has 0 saturated carbocycles. The van der Waals surface area contributed by atoms with E-state index in [-0.39, 0.29) is 0 Å². The molecular weight excluding hydrogens is 188 g/mol. The van der Waals surface area contributed by atoms with Crippen molar-refractivity contribution in [1.82, 2.24) is 4.90 Å². The highest BCUT2D eigenvalue weighted by molar-refractivity contribution is 4.93. The Hall–Kier alpha value is -0.120. The summed E-state index contributed by atoms with van der Waals surface area (Å²) in [5.74, 6) is 0.791. The van der Waals surface area contributed by atoms with E-state index < -0.39 is 0 Å². The van der Waals surface area contributed by atoms with Crippen LogP contribution in [0.25, 0.3) is 0 Å². The van der Waals surface area contributed by atoms with Crippen LogP contribution in [0, 0.1) is 11.3 Å². The number of piperidine rings is 1. The van der Waals surface area contributed by atoms with Crippen LogP contribution in [0.4, 0.5) is 0 Å². The summed E-state index contributed by atoms with van der Waals surface area (Å²) in [5, 5.41) is 0. The Morgan fingerprint density at radius 1 is 1.53 bits per heavy atom. The Labute approximate surface area is 93.0 Å². The van der Waals surface area contributed by atoms with Crippen LogP contribution in [0.15, 0.2) is 0 Å². The fourth-order valence-corrected chi connectivity index (χ4v) is 3.42. The zero-order valence-electron chi connectivity index (χ0n) is 9.87. The second-order valence-electron chi connectivity index (χ2n) is 5.32. The molecule has 0 amide bonds. The number of likely N-dealkylation sites (tertiary alicyclic amines) is 1. The topological polar surface area (TPSA) is 38.5 Å². The molecule has 0 bridgehead atoms. The van der Waals surface area contributed by atoms with Crippen LogP contribution >= 0.6 is 0 Å². The SMILES string of the molecule is CN1CCCC2(COCCC2CCN)C1. The molecule has 2 fully saturated rings. The van der Waals surface area contributed by atoms with Gasteiger partial charge in [0.15, 0.2) is 0 Å². The highest BCUT2D eigenvalue weighted by atomic mass is 16.5.